The van der Waals surface area contributed by atoms with Gasteiger partial charge in [-0.2, -0.15) is 9.78 Å². The van der Waals surface area contributed by atoms with E-state index in [9.17, 15) is 4.79 Å². The van der Waals surface area contributed by atoms with Gasteiger partial charge in [-0.1, -0.05) is 53.5 Å². The van der Waals surface area contributed by atoms with Crippen LogP contribution in [-0.4, -0.2) is 20.4 Å². The van der Waals surface area contributed by atoms with E-state index in [0.717, 1.165) is 38.4 Å². The summed E-state index contributed by atoms with van der Waals surface area (Å²) in [6.07, 6.45) is 1.74. The Morgan fingerprint density at radius 1 is 1.03 bits per heavy atom. The molecule has 0 aliphatic carbocycles. The summed E-state index contributed by atoms with van der Waals surface area (Å²) in [5.41, 5.74) is 5.54. The molecule has 0 radical (unpaired) electrons. The molecule has 2 aromatic heterocycles. The molecule has 39 heavy (non-hydrogen) atoms. The molecule has 6 nitrogen and oxygen atoms in total. The van der Waals surface area contributed by atoms with Gasteiger partial charge in [0.25, 0.3) is 5.56 Å². The summed E-state index contributed by atoms with van der Waals surface area (Å²) in [5.74, 6) is 1.43. The second-order valence-corrected chi connectivity index (χ2v) is 11.1. The first-order valence-electron chi connectivity index (χ1n) is 12.6. The van der Waals surface area contributed by atoms with Crippen LogP contribution in [0, 0.1) is 13.8 Å². The Balaban J connectivity index is 1.42. The van der Waals surface area contributed by atoms with Crippen LogP contribution in [-0.2, 0) is 6.61 Å². The zero-order chi connectivity index (χ0) is 27.7. The second kappa shape index (κ2) is 11.2. The molecule has 0 aliphatic heterocycles. The van der Waals surface area contributed by atoms with E-state index in [1.807, 2.05) is 81.4 Å². The van der Waals surface area contributed by atoms with Gasteiger partial charge >= 0.3 is 0 Å². The minimum Gasteiger partial charge on any atom is -0.489 e. The molecule has 5 rings (SSSR count). The van der Waals surface area contributed by atoms with E-state index in [-0.39, 0.29) is 11.5 Å². The number of rotatable bonds is 7. The third kappa shape index (κ3) is 5.70. The lowest BCUT2D eigenvalue weighted by Crippen LogP contribution is -2.23. The molecule has 0 atom stereocenters. The minimum absolute atomic E-state index is 0.0238. The Morgan fingerprint density at radius 3 is 2.44 bits per heavy atom. The topological polar surface area (TPSA) is 61.4 Å². The molecule has 0 aliphatic rings. The zero-order valence-electron chi connectivity index (χ0n) is 22.2. The smallest absolute Gasteiger partial charge is 0.282 e. The first kappa shape index (κ1) is 26.9. The van der Waals surface area contributed by atoms with E-state index in [1.165, 1.54) is 4.68 Å². The van der Waals surface area contributed by atoms with Crippen molar-refractivity contribution in [3.05, 3.63) is 121 Å². The Bertz CT molecular complexity index is 1740. The number of ether oxygens (including phenoxy) is 1. The first-order chi connectivity index (χ1) is 18.7. The number of hydrogen-bond donors (Lipinski definition) is 0. The molecule has 2 heterocycles. The van der Waals surface area contributed by atoms with E-state index >= 15 is 0 Å². The number of halogens is 2. The standard InChI is InChI=1S/C31H28BrClN4O2/c1-19(2)30-35-29-14-7-24(32)16-28(29)31(38)37(30)34-17-23-15-20(3)36(21(23)4)26-10-12-27(13-11-26)39-18-22-5-8-25(33)9-6-22/h5-17,19H,18H2,1-4H3. The fraction of sp³-hybridized carbons (Fsp3) is 0.194. The highest BCUT2D eigenvalue weighted by atomic mass is 79.9. The van der Waals surface area contributed by atoms with Crippen LogP contribution in [0.1, 0.15) is 48.1 Å². The molecule has 0 fully saturated rings. The lowest BCUT2D eigenvalue weighted by atomic mass is 10.2. The van der Waals surface area contributed by atoms with Crippen LogP contribution < -0.4 is 10.3 Å². The van der Waals surface area contributed by atoms with E-state index in [1.54, 1.807) is 12.3 Å². The summed E-state index contributed by atoms with van der Waals surface area (Å²) < 4.78 is 10.3. The van der Waals surface area contributed by atoms with Gasteiger partial charge in [0.2, 0.25) is 0 Å². The number of nitrogens with zero attached hydrogens (tertiary/aromatic N) is 4. The van der Waals surface area contributed by atoms with Gasteiger partial charge in [-0.3, -0.25) is 4.79 Å². The van der Waals surface area contributed by atoms with Crippen LogP contribution in [0.5, 0.6) is 5.75 Å². The van der Waals surface area contributed by atoms with Gasteiger partial charge in [-0.25, -0.2) is 4.98 Å². The molecule has 0 saturated carbocycles. The molecule has 8 heteroatoms. The fourth-order valence-electron chi connectivity index (χ4n) is 4.53. The number of hydrogen-bond acceptors (Lipinski definition) is 4. The van der Waals surface area contributed by atoms with Gasteiger partial charge in [-0.05, 0) is 80.1 Å². The average Bonchev–Trinajstić information content (AvgIpc) is 3.20. The van der Waals surface area contributed by atoms with Crippen molar-refractivity contribution in [1.29, 1.82) is 0 Å². The predicted octanol–water partition coefficient (Wildman–Crippen LogP) is 7.80. The first-order valence-corrected chi connectivity index (χ1v) is 13.8. The summed E-state index contributed by atoms with van der Waals surface area (Å²) in [7, 11) is 0. The van der Waals surface area contributed by atoms with Gasteiger partial charge in [-0.15, -0.1) is 0 Å². The third-order valence-electron chi connectivity index (χ3n) is 6.55. The van der Waals surface area contributed by atoms with Crippen LogP contribution in [0.25, 0.3) is 16.6 Å². The van der Waals surface area contributed by atoms with Crippen LogP contribution >= 0.6 is 27.5 Å². The lowest BCUT2D eigenvalue weighted by Gasteiger charge is -2.12. The Labute approximate surface area is 240 Å². The average molecular weight is 604 g/mol. The molecular formula is C31H28BrClN4O2. The van der Waals surface area contributed by atoms with Crippen LogP contribution in [0.3, 0.4) is 0 Å². The summed E-state index contributed by atoms with van der Waals surface area (Å²) in [6, 6.07) is 23.2. The van der Waals surface area contributed by atoms with Crippen molar-refractivity contribution in [2.75, 3.05) is 0 Å². The van der Waals surface area contributed by atoms with Crippen molar-refractivity contribution >= 4 is 44.6 Å². The van der Waals surface area contributed by atoms with Gasteiger partial charge in [0, 0.05) is 38.1 Å². The summed E-state index contributed by atoms with van der Waals surface area (Å²) in [4.78, 5) is 18.1. The Morgan fingerprint density at radius 2 is 1.74 bits per heavy atom. The van der Waals surface area contributed by atoms with Crippen LogP contribution in [0.2, 0.25) is 5.02 Å². The maximum absolute atomic E-state index is 13.4. The number of aryl methyl sites for hydroxylation is 1. The second-order valence-electron chi connectivity index (χ2n) is 9.72. The van der Waals surface area contributed by atoms with Gasteiger partial charge in [0.05, 0.1) is 17.1 Å². The SMILES string of the molecule is Cc1cc(C=Nn2c(C(C)C)nc3ccc(Br)cc3c2=O)c(C)n1-c1ccc(OCc2ccc(Cl)cc2)cc1. The molecule has 0 spiro atoms. The summed E-state index contributed by atoms with van der Waals surface area (Å²) >= 11 is 9.42. The van der Waals surface area contributed by atoms with Crippen molar-refractivity contribution in [2.45, 2.75) is 40.2 Å². The molecule has 0 amide bonds. The normalized spacial score (nSPS) is 11.7. The van der Waals surface area contributed by atoms with Crippen molar-refractivity contribution in [3.8, 4) is 11.4 Å². The number of aromatic nitrogens is 3. The molecule has 0 bridgehead atoms. The van der Waals surface area contributed by atoms with Crippen LogP contribution in [0.4, 0.5) is 0 Å². The summed E-state index contributed by atoms with van der Waals surface area (Å²) in [5, 5.41) is 5.85. The number of fused-ring (bicyclic) bond motifs is 1. The summed E-state index contributed by atoms with van der Waals surface area (Å²) in [6.45, 7) is 8.58. The van der Waals surface area contributed by atoms with Gasteiger partial charge in [0.1, 0.15) is 18.2 Å². The van der Waals surface area contributed by atoms with Gasteiger partial charge in [0.15, 0.2) is 0 Å². The number of benzene rings is 3. The fourth-order valence-corrected chi connectivity index (χ4v) is 5.01. The van der Waals surface area contributed by atoms with Crippen molar-refractivity contribution in [1.82, 2.24) is 14.2 Å². The molecule has 0 unspecified atom stereocenters. The molecule has 3 aromatic carbocycles. The lowest BCUT2D eigenvalue weighted by molar-refractivity contribution is 0.306. The third-order valence-corrected chi connectivity index (χ3v) is 7.29. The van der Waals surface area contributed by atoms with E-state index in [2.05, 4.69) is 38.6 Å². The highest BCUT2D eigenvalue weighted by Crippen LogP contribution is 2.24. The van der Waals surface area contributed by atoms with Crippen molar-refractivity contribution in [3.63, 3.8) is 0 Å². The monoisotopic (exact) mass is 602 g/mol. The molecule has 0 saturated heterocycles. The molecular weight excluding hydrogens is 576 g/mol. The largest absolute Gasteiger partial charge is 0.489 e. The van der Waals surface area contributed by atoms with E-state index in [4.69, 9.17) is 21.3 Å². The maximum Gasteiger partial charge on any atom is 0.282 e. The molecule has 198 valence electrons. The van der Waals surface area contributed by atoms with E-state index < -0.39 is 0 Å². The quantitative estimate of drug-likeness (QED) is 0.178. The van der Waals surface area contributed by atoms with Crippen molar-refractivity contribution < 1.29 is 4.74 Å². The maximum atomic E-state index is 13.4. The Kier molecular flexibility index (Phi) is 7.73. The Hall–Kier alpha value is -3.68. The molecule has 0 N–H and O–H groups in total. The van der Waals surface area contributed by atoms with Gasteiger partial charge < -0.3 is 9.30 Å². The highest BCUT2D eigenvalue weighted by Gasteiger charge is 2.15. The highest BCUT2D eigenvalue weighted by molar-refractivity contribution is 9.10. The van der Waals surface area contributed by atoms with Crippen molar-refractivity contribution in [2.24, 2.45) is 5.10 Å². The van der Waals surface area contributed by atoms with Crippen LogP contribution in [0.15, 0.2) is 87.2 Å². The van der Waals surface area contributed by atoms with E-state index in [0.29, 0.717) is 28.4 Å². The molecule has 5 aromatic rings. The minimum atomic E-state index is -0.191. The zero-order valence-corrected chi connectivity index (χ0v) is 24.5. The predicted molar refractivity (Wildman–Crippen MR) is 162 cm³/mol.